The number of nitrogens with two attached hydrogens (primary N) is 1. The van der Waals surface area contributed by atoms with Crippen molar-refractivity contribution < 1.29 is 5.21 Å². The number of likely N-dealkylation sites (tertiary alicyclic amines) is 1. The van der Waals surface area contributed by atoms with Crippen LogP contribution in [0.3, 0.4) is 0 Å². The van der Waals surface area contributed by atoms with Gasteiger partial charge >= 0.3 is 0 Å². The molecule has 0 spiro atoms. The fraction of sp³-hybridized carbons (Fsp3) is 0.933. The fourth-order valence-corrected chi connectivity index (χ4v) is 3.03. The summed E-state index contributed by atoms with van der Waals surface area (Å²) in [6.45, 7) is 11.2. The highest BCUT2D eigenvalue weighted by atomic mass is 16.4. The van der Waals surface area contributed by atoms with Gasteiger partial charge in [-0.3, -0.25) is 0 Å². The second-order valence-electron chi connectivity index (χ2n) is 6.82. The molecule has 1 unspecified atom stereocenters. The molecule has 0 saturated carbocycles. The summed E-state index contributed by atoms with van der Waals surface area (Å²) in [4.78, 5) is 2.64. The van der Waals surface area contributed by atoms with Crippen LogP contribution < -0.4 is 5.73 Å². The molecule has 0 aromatic rings. The van der Waals surface area contributed by atoms with Gasteiger partial charge in [-0.25, -0.2) is 0 Å². The molecule has 19 heavy (non-hydrogen) atoms. The molecule has 0 bridgehead atoms. The van der Waals surface area contributed by atoms with Crippen molar-refractivity contribution in [1.82, 2.24) is 4.90 Å². The highest BCUT2D eigenvalue weighted by Crippen LogP contribution is 2.26. The largest absolute Gasteiger partial charge is 0.409 e. The van der Waals surface area contributed by atoms with Crippen LogP contribution in [0, 0.1) is 11.3 Å². The molecule has 4 heteroatoms. The molecule has 0 amide bonds. The molecule has 1 rings (SSSR count). The second kappa shape index (κ2) is 7.13. The van der Waals surface area contributed by atoms with E-state index in [9.17, 15) is 0 Å². The quantitative estimate of drug-likeness (QED) is 0.245. The van der Waals surface area contributed by atoms with Gasteiger partial charge in [0, 0.05) is 11.5 Å². The molecule has 112 valence electrons. The van der Waals surface area contributed by atoms with E-state index in [0.29, 0.717) is 5.84 Å². The van der Waals surface area contributed by atoms with Crippen molar-refractivity contribution >= 4 is 5.84 Å². The van der Waals surface area contributed by atoms with Crippen LogP contribution in [-0.2, 0) is 0 Å². The van der Waals surface area contributed by atoms with Crippen molar-refractivity contribution in [3.63, 3.8) is 0 Å². The van der Waals surface area contributed by atoms with E-state index >= 15 is 0 Å². The molecule has 0 radical (unpaired) electrons. The van der Waals surface area contributed by atoms with Crippen LogP contribution in [0.25, 0.3) is 0 Å². The Kier molecular flexibility index (Phi) is 6.11. The minimum Gasteiger partial charge on any atom is -0.409 e. The molecule has 3 N–H and O–H groups in total. The molecule has 1 heterocycles. The fourth-order valence-electron chi connectivity index (χ4n) is 3.03. The molecule has 0 aliphatic carbocycles. The SMILES string of the molecule is CC(C)C1CCCN1CCCCC(C)(C)C(N)=NO. The highest BCUT2D eigenvalue weighted by Gasteiger charge is 2.27. The normalized spacial score (nSPS) is 22.4. The van der Waals surface area contributed by atoms with Gasteiger partial charge in [0.05, 0.1) is 0 Å². The summed E-state index contributed by atoms with van der Waals surface area (Å²) >= 11 is 0. The molecule has 0 aromatic carbocycles. The van der Waals surface area contributed by atoms with Gasteiger partial charge in [-0.2, -0.15) is 0 Å². The maximum Gasteiger partial charge on any atom is 0.144 e. The van der Waals surface area contributed by atoms with E-state index < -0.39 is 0 Å². The van der Waals surface area contributed by atoms with E-state index in [0.717, 1.165) is 24.8 Å². The Labute approximate surface area is 118 Å². The molecule has 0 aromatic heterocycles. The van der Waals surface area contributed by atoms with Gasteiger partial charge in [-0.1, -0.05) is 39.3 Å². The van der Waals surface area contributed by atoms with E-state index in [4.69, 9.17) is 10.9 Å². The van der Waals surface area contributed by atoms with E-state index in [1.165, 1.54) is 32.4 Å². The summed E-state index contributed by atoms with van der Waals surface area (Å²) in [5.41, 5.74) is 5.51. The number of amidine groups is 1. The van der Waals surface area contributed by atoms with Crippen molar-refractivity contribution in [2.75, 3.05) is 13.1 Å². The summed E-state index contributed by atoms with van der Waals surface area (Å²) in [6.07, 6.45) is 6.00. The summed E-state index contributed by atoms with van der Waals surface area (Å²) < 4.78 is 0. The molecule has 4 nitrogen and oxygen atoms in total. The number of unbranched alkanes of at least 4 members (excludes halogenated alkanes) is 1. The minimum absolute atomic E-state index is 0.197. The second-order valence-corrected chi connectivity index (χ2v) is 6.82. The number of hydrogen-bond acceptors (Lipinski definition) is 3. The van der Waals surface area contributed by atoms with E-state index in [2.05, 4.69) is 23.9 Å². The third-order valence-corrected chi connectivity index (χ3v) is 4.48. The standard InChI is InChI=1S/C15H31N3O/c1-12(2)13-8-7-11-18(13)10-6-5-9-15(3,4)14(16)17-19/h12-13,19H,5-11H2,1-4H3,(H2,16,17). The Balaban J connectivity index is 2.28. The molecule has 1 saturated heterocycles. The smallest absolute Gasteiger partial charge is 0.144 e. The third-order valence-electron chi connectivity index (χ3n) is 4.48. The Morgan fingerprint density at radius 3 is 2.68 bits per heavy atom. The first-order valence-electron chi connectivity index (χ1n) is 7.60. The lowest BCUT2D eigenvalue weighted by atomic mass is 9.86. The van der Waals surface area contributed by atoms with E-state index in [-0.39, 0.29) is 5.41 Å². The molecule has 1 aliphatic rings. The zero-order valence-electron chi connectivity index (χ0n) is 13.0. The first kappa shape index (κ1) is 16.3. The van der Waals surface area contributed by atoms with Gasteiger partial charge in [-0.05, 0) is 44.7 Å². The predicted octanol–water partition coefficient (Wildman–Crippen LogP) is 3.05. The summed E-state index contributed by atoms with van der Waals surface area (Å²) in [5.74, 6) is 1.10. The van der Waals surface area contributed by atoms with Crippen LogP contribution >= 0.6 is 0 Å². The topological polar surface area (TPSA) is 61.8 Å². The first-order chi connectivity index (χ1) is 8.88. The highest BCUT2D eigenvalue weighted by molar-refractivity contribution is 5.85. The van der Waals surface area contributed by atoms with Gasteiger partial charge < -0.3 is 15.8 Å². The van der Waals surface area contributed by atoms with Gasteiger partial charge in [0.25, 0.3) is 0 Å². The van der Waals surface area contributed by atoms with Crippen LogP contribution in [-0.4, -0.2) is 35.1 Å². The van der Waals surface area contributed by atoms with Crippen LogP contribution in [0.1, 0.15) is 59.8 Å². The Morgan fingerprint density at radius 2 is 2.11 bits per heavy atom. The van der Waals surface area contributed by atoms with Crippen molar-refractivity contribution in [3.8, 4) is 0 Å². The zero-order chi connectivity index (χ0) is 14.5. The first-order valence-corrected chi connectivity index (χ1v) is 7.60. The molecule has 1 atom stereocenters. The number of oxime groups is 1. The van der Waals surface area contributed by atoms with Gasteiger partial charge in [0.15, 0.2) is 0 Å². The minimum atomic E-state index is -0.197. The lowest BCUT2D eigenvalue weighted by molar-refractivity contribution is 0.200. The van der Waals surface area contributed by atoms with Crippen LogP contribution in [0.5, 0.6) is 0 Å². The van der Waals surface area contributed by atoms with Crippen molar-refractivity contribution in [2.24, 2.45) is 22.2 Å². The molecule has 1 fully saturated rings. The average Bonchev–Trinajstić information content (AvgIpc) is 2.82. The van der Waals surface area contributed by atoms with Crippen molar-refractivity contribution in [2.45, 2.75) is 65.8 Å². The van der Waals surface area contributed by atoms with Gasteiger partial charge in [-0.15, -0.1) is 0 Å². The summed E-state index contributed by atoms with van der Waals surface area (Å²) in [5, 5.41) is 11.9. The van der Waals surface area contributed by atoms with Crippen LogP contribution in [0.15, 0.2) is 5.16 Å². The Bertz CT molecular complexity index is 300. The monoisotopic (exact) mass is 269 g/mol. The average molecular weight is 269 g/mol. The van der Waals surface area contributed by atoms with E-state index in [1.807, 2.05) is 13.8 Å². The van der Waals surface area contributed by atoms with Crippen molar-refractivity contribution in [3.05, 3.63) is 0 Å². The number of nitrogens with zero attached hydrogens (tertiary/aromatic N) is 2. The number of rotatable bonds is 7. The summed E-state index contributed by atoms with van der Waals surface area (Å²) in [6, 6.07) is 0.775. The Hall–Kier alpha value is -0.770. The molecular weight excluding hydrogens is 238 g/mol. The maximum absolute atomic E-state index is 8.75. The Morgan fingerprint density at radius 1 is 1.42 bits per heavy atom. The zero-order valence-corrected chi connectivity index (χ0v) is 13.0. The van der Waals surface area contributed by atoms with Crippen LogP contribution in [0.4, 0.5) is 0 Å². The lowest BCUT2D eigenvalue weighted by Gasteiger charge is -2.28. The van der Waals surface area contributed by atoms with Gasteiger partial charge in [0.2, 0.25) is 0 Å². The lowest BCUT2D eigenvalue weighted by Crippen LogP contribution is -2.35. The third kappa shape index (κ3) is 4.68. The molecule has 1 aliphatic heterocycles. The van der Waals surface area contributed by atoms with Gasteiger partial charge in [0.1, 0.15) is 5.84 Å². The molecular formula is C15H31N3O. The number of hydrogen-bond donors (Lipinski definition) is 2. The summed E-state index contributed by atoms with van der Waals surface area (Å²) in [7, 11) is 0. The predicted molar refractivity (Wildman–Crippen MR) is 80.5 cm³/mol. The van der Waals surface area contributed by atoms with Crippen molar-refractivity contribution in [1.29, 1.82) is 0 Å². The van der Waals surface area contributed by atoms with E-state index in [1.54, 1.807) is 0 Å². The maximum atomic E-state index is 8.75. The van der Waals surface area contributed by atoms with Crippen LogP contribution in [0.2, 0.25) is 0 Å².